The van der Waals surface area contributed by atoms with Gasteiger partial charge in [0.1, 0.15) is 5.75 Å². The van der Waals surface area contributed by atoms with E-state index < -0.39 is 18.0 Å². The Morgan fingerprint density at radius 2 is 1.72 bits per heavy atom. The van der Waals surface area contributed by atoms with Crippen molar-refractivity contribution < 1.29 is 19.1 Å². The number of esters is 1. The van der Waals surface area contributed by atoms with Gasteiger partial charge in [0.25, 0.3) is 5.91 Å². The zero-order valence-electron chi connectivity index (χ0n) is 14.3. The third-order valence-corrected chi connectivity index (χ3v) is 3.70. The van der Waals surface area contributed by atoms with E-state index in [1.165, 1.54) is 6.92 Å². The van der Waals surface area contributed by atoms with Crippen LogP contribution in [0.2, 0.25) is 5.02 Å². The second-order valence-corrected chi connectivity index (χ2v) is 6.08. The smallest absolute Gasteiger partial charge is 0.344 e. The van der Waals surface area contributed by atoms with E-state index in [9.17, 15) is 9.59 Å². The topological polar surface area (TPSA) is 64.6 Å². The van der Waals surface area contributed by atoms with Crippen molar-refractivity contribution in [3.63, 3.8) is 0 Å². The van der Waals surface area contributed by atoms with Gasteiger partial charge in [-0.15, -0.1) is 0 Å². The summed E-state index contributed by atoms with van der Waals surface area (Å²) < 4.78 is 10.6. The number of nitrogens with one attached hydrogen (secondary N) is 1. The number of ether oxygens (including phenoxy) is 2. The van der Waals surface area contributed by atoms with Crippen molar-refractivity contribution in [2.24, 2.45) is 0 Å². The van der Waals surface area contributed by atoms with E-state index in [-0.39, 0.29) is 6.61 Å². The average molecular weight is 362 g/mol. The van der Waals surface area contributed by atoms with Crippen LogP contribution in [0.25, 0.3) is 0 Å². The van der Waals surface area contributed by atoms with E-state index in [4.69, 9.17) is 21.1 Å². The van der Waals surface area contributed by atoms with E-state index in [1.807, 2.05) is 19.9 Å². The monoisotopic (exact) mass is 361 g/mol. The van der Waals surface area contributed by atoms with Crippen LogP contribution < -0.4 is 10.1 Å². The summed E-state index contributed by atoms with van der Waals surface area (Å²) in [5.74, 6) is -0.439. The summed E-state index contributed by atoms with van der Waals surface area (Å²) in [5.41, 5.74) is 2.29. The zero-order valence-corrected chi connectivity index (χ0v) is 15.1. The predicted octanol–water partition coefficient (Wildman–Crippen LogP) is 3.91. The van der Waals surface area contributed by atoms with Gasteiger partial charge in [-0.2, -0.15) is 0 Å². The lowest BCUT2D eigenvalue weighted by atomic mass is 10.1. The van der Waals surface area contributed by atoms with Gasteiger partial charge in [0.15, 0.2) is 12.7 Å². The lowest BCUT2D eigenvalue weighted by Gasteiger charge is -2.15. The van der Waals surface area contributed by atoms with Crippen molar-refractivity contribution in [1.82, 2.24) is 0 Å². The number of anilines is 1. The molecule has 6 heteroatoms. The van der Waals surface area contributed by atoms with Crippen molar-refractivity contribution in [3.05, 3.63) is 58.6 Å². The predicted molar refractivity (Wildman–Crippen MR) is 97.0 cm³/mol. The summed E-state index contributed by atoms with van der Waals surface area (Å²) >= 11 is 5.96. The van der Waals surface area contributed by atoms with Gasteiger partial charge in [-0.1, -0.05) is 29.8 Å². The summed E-state index contributed by atoms with van der Waals surface area (Å²) in [7, 11) is 0. The standard InChI is InChI=1S/C19H20ClNO4/c1-12-9-15(20)10-13(2)18(12)24-11-17(22)25-14(3)19(23)21-16-7-5-4-6-8-16/h4-10,14H,11H2,1-3H3,(H,21,23)/t14-/m1/s1. The summed E-state index contributed by atoms with van der Waals surface area (Å²) in [6.07, 6.45) is -0.927. The average Bonchev–Trinajstić information content (AvgIpc) is 2.54. The number of carbonyl (C=O) groups excluding carboxylic acids is 2. The van der Waals surface area contributed by atoms with Crippen molar-refractivity contribution in [2.75, 3.05) is 11.9 Å². The number of amides is 1. The van der Waals surface area contributed by atoms with Gasteiger partial charge in [0.05, 0.1) is 0 Å². The van der Waals surface area contributed by atoms with Crippen molar-refractivity contribution in [1.29, 1.82) is 0 Å². The number of benzene rings is 2. The minimum atomic E-state index is -0.927. The molecular weight excluding hydrogens is 342 g/mol. The number of carbonyl (C=O) groups is 2. The molecule has 0 spiro atoms. The van der Waals surface area contributed by atoms with E-state index in [0.717, 1.165) is 11.1 Å². The van der Waals surface area contributed by atoms with E-state index >= 15 is 0 Å². The SMILES string of the molecule is Cc1cc(Cl)cc(C)c1OCC(=O)O[C@H](C)C(=O)Nc1ccccc1. The molecule has 0 unspecified atom stereocenters. The molecule has 25 heavy (non-hydrogen) atoms. The summed E-state index contributed by atoms with van der Waals surface area (Å²) in [4.78, 5) is 23.9. The molecule has 0 heterocycles. The van der Waals surface area contributed by atoms with Gasteiger partial charge in [0, 0.05) is 10.7 Å². The van der Waals surface area contributed by atoms with Gasteiger partial charge in [-0.25, -0.2) is 4.79 Å². The van der Waals surface area contributed by atoms with Crippen LogP contribution in [-0.2, 0) is 14.3 Å². The number of para-hydroxylation sites is 1. The Morgan fingerprint density at radius 3 is 2.32 bits per heavy atom. The molecule has 0 aromatic heterocycles. The van der Waals surface area contributed by atoms with Crippen LogP contribution in [0.15, 0.2) is 42.5 Å². The highest BCUT2D eigenvalue weighted by Crippen LogP contribution is 2.27. The Morgan fingerprint density at radius 1 is 1.12 bits per heavy atom. The highest BCUT2D eigenvalue weighted by Gasteiger charge is 2.18. The molecule has 1 atom stereocenters. The Balaban J connectivity index is 1.86. The molecule has 0 fully saturated rings. The molecule has 0 radical (unpaired) electrons. The van der Waals surface area contributed by atoms with Crippen LogP contribution in [0.1, 0.15) is 18.1 Å². The highest BCUT2D eigenvalue weighted by atomic mass is 35.5. The molecule has 0 aliphatic rings. The summed E-state index contributed by atoms with van der Waals surface area (Å²) in [5, 5.41) is 3.28. The first-order valence-corrected chi connectivity index (χ1v) is 8.19. The van der Waals surface area contributed by atoms with Gasteiger partial charge in [-0.05, 0) is 56.2 Å². The highest BCUT2D eigenvalue weighted by molar-refractivity contribution is 6.30. The van der Waals surface area contributed by atoms with Crippen LogP contribution in [0.4, 0.5) is 5.69 Å². The Labute approximate surface area is 151 Å². The number of hydrogen-bond donors (Lipinski definition) is 1. The third kappa shape index (κ3) is 5.50. The molecule has 0 saturated carbocycles. The minimum Gasteiger partial charge on any atom is -0.481 e. The van der Waals surface area contributed by atoms with Gasteiger partial charge in [-0.3, -0.25) is 4.79 Å². The number of rotatable bonds is 6. The van der Waals surface area contributed by atoms with Crippen LogP contribution in [0.3, 0.4) is 0 Å². The van der Waals surface area contributed by atoms with Gasteiger partial charge in [0.2, 0.25) is 0 Å². The maximum Gasteiger partial charge on any atom is 0.344 e. The molecule has 132 valence electrons. The van der Waals surface area contributed by atoms with Crippen LogP contribution in [0.5, 0.6) is 5.75 Å². The number of halogens is 1. The number of hydrogen-bond acceptors (Lipinski definition) is 4. The molecule has 2 aromatic carbocycles. The van der Waals surface area contributed by atoms with Crippen molar-refractivity contribution in [3.8, 4) is 5.75 Å². The zero-order chi connectivity index (χ0) is 18.4. The fraction of sp³-hybridized carbons (Fsp3) is 0.263. The minimum absolute atomic E-state index is 0.285. The summed E-state index contributed by atoms with van der Waals surface area (Å²) in [6, 6.07) is 12.5. The van der Waals surface area contributed by atoms with Crippen molar-refractivity contribution in [2.45, 2.75) is 26.9 Å². The molecule has 2 rings (SSSR count). The molecular formula is C19H20ClNO4. The lowest BCUT2D eigenvalue weighted by Crippen LogP contribution is -2.31. The van der Waals surface area contributed by atoms with Gasteiger partial charge >= 0.3 is 5.97 Å². The molecule has 0 bridgehead atoms. The molecule has 1 amide bonds. The van der Waals surface area contributed by atoms with Crippen LogP contribution in [0, 0.1) is 13.8 Å². The van der Waals surface area contributed by atoms with E-state index in [0.29, 0.717) is 16.5 Å². The Bertz CT molecular complexity index is 738. The van der Waals surface area contributed by atoms with Gasteiger partial charge < -0.3 is 14.8 Å². The number of aryl methyl sites for hydroxylation is 2. The first-order valence-electron chi connectivity index (χ1n) is 7.81. The van der Waals surface area contributed by atoms with Crippen molar-refractivity contribution >= 4 is 29.2 Å². The molecule has 0 aliphatic heterocycles. The maximum atomic E-state index is 12.0. The molecule has 0 saturated heterocycles. The first kappa shape index (κ1) is 18.8. The molecule has 0 aliphatic carbocycles. The Hall–Kier alpha value is -2.53. The largest absolute Gasteiger partial charge is 0.481 e. The third-order valence-electron chi connectivity index (χ3n) is 3.48. The molecule has 5 nitrogen and oxygen atoms in total. The lowest BCUT2D eigenvalue weighted by molar-refractivity contribution is -0.155. The van der Waals surface area contributed by atoms with E-state index in [2.05, 4.69) is 5.32 Å². The fourth-order valence-electron chi connectivity index (χ4n) is 2.31. The Kier molecular flexibility index (Phi) is 6.42. The summed E-state index contributed by atoms with van der Waals surface area (Å²) in [6.45, 7) is 4.91. The quantitative estimate of drug-likeness (QED) is 0.792. The second kappa shape index (κ2) is 8.53. The molecule has 2 aromatic rings. The normalized spacial score (nSPS) is 11.5. The fourth-order valence-corrected chi connectivity index (χ4v) is 2.63. The first-order chi connectivity index (χ1) is 11.9. The van der Waals surface area contributed by atoms with E-state index in [1.54, 1.807) is 36.4 Å². The molecule has 1 N–H and O–H groups in total. The maximum absolute atomic E-state index is 12.0. The van der Waals surface area contributed by atoms with Crippen LogP contribution >= 0.6 is 11.6 Å². The second-order valence-electron chi connectivity index (χ2n) is 5.64. The van der Waals surface area contributed by atoms with Crippen LogP contribution in [-0.4, -0.2) is 24.6 Å².